The first-order valence-electron chi connectivity index (χ1n) is 8.24. The van der Waals surface area contributed by atoms with Crippen molar-refractivity contribution in [3.8, 4) is 6.07 Å². The molecule has 0 spiro atoms. The molecule has 128 valence electrons. The number of hydrogen-bond donors (Lipinski definition) is 2. The number of benzene rings is 2. The van der Waals surface area contributed by atoms with Gasteiger partial charge in [-0.2, -0.15) is 5.26 Å². The van der Waals surface area contributed by atoms with Crippen molar-refractivity contribution >= 4 is 28.9 Å². The van der Waals surface area contributed by atoms with Crippen molar-refractivity contribution in [2.75, 3.05) is 43.4 Å². The van der Waals surface area contributed by atoms with E-state index in [1.54, 1.807) is 30.3 Å². The first-order valence-corrected chi connectivity index (χ1v) is 8.62. The highest BCUT2D eigenvalue weighted by atomic mass is 35.5. The van der Waals surface area contributed by atoms with E-state index in [1.165, 1.54) is 4.90 Å². The SMILES string of the molecule is C[NH+]1CCN(c2ccc(Cl)cc2NC(=O)c2cccc(C#N)c2)CC1. The van der Waals surface area contributed by atoms with Crippen molar-refractivity contribution in [2.45, 2.75) is 0 Å². The second-order valence-electron chi connectivity index (χ2n) is 6.25. The Bertz CT molecular complexity index is 822. The molecule has 1 aliphatic rings. The second kappa shape index (κ2) is 7.56. The molecule has 1 heterocycles. The van der Waals surface area contributed by atoms with Crippen LogP contribution in [0.2, 0.25) is 5.02 Å². The lowest BCUT2D eigenvalue weighted by Crippen LogP contribution is -3.12. The van der Waals surface area contributed by atoms with Crippen LogP contribution in [0.25, 0.3) is 0 Å². The van der Waals surface area contributed by atoms with Gasteiger partial charge in [-0.3, -0.25) is 4.79 Å². The Balaban J connectivity index is 1.85. The van der Waals surface area contributed by atoms with Gasteiger partial charge in [-0.1, -0.05) is 17.7 Å². The van der Waals surface area contributed by atoms with E-state index in [0.717, 1.165) is 31.9 Å². The molecule has 1 fully saturated rings. The number of hydrogen-bond acceptors (Lipinski definition) is 3. The maximum atomic E-state index is 12.6. The molecule has 0 unspecified atom stereocenters. The highest BCUT2D eigenvalue weighted by molar-refractivity contribution is 6.31. The number of piperazine rings is 1. The number of rotatable bonds is 3. The average Bonchev–Trinajstić information content (AvgIpc) is 2.63. The summed E-state index contributed by atoms with van der Waals surface area (Å²) >= 11 is 6.14. The molecule has 0 aliphatic carbocycles. The standard InChI is InChI=1S/C19H19ClN4O/c1-23-7-9-24(10-8-23)18-6-5-16(20)12-17(18)22-19(25)15-4-2-3-14(11-15)13-21/h2-6,11-12H,7-10H2,1H3,(H,22,25)/p+1. The third-order valence-corrected chi connectivity index (χ3v) is 4.65. The summed E-state index contributed by atoms with van der Waals surface area (Å²) < 4.78 is 0. The van der Waals surface area contributed by atoms with Crippen LogP contribution in [0.1, 0.15) is 15.9 Å². The third-order valence-electron chi connectivity index (χ3n) is 4.42. The van der Waals surface area contributed by atoms with Crippen molar-refractivity contribution in [1.29, 1.82) is 5.26 Å². The van der Waals surface area contributed by atoms with Gasteiger partial charge in [0.15, 0.2) is 0 Å². The normalized spacial score (nSPS) is 14.8. The number of anilines is 2. The molecule has 5 nitrogen and oxygen atoms in total. The Kier molecular flexibility index (Phi) is 5.22. The predicted molar refractivity (Wildman–Crippen MR) is 99.4 cm³/mol. The average molecular weight is 356 g/mol. The number of amides is 1. The lowest BCUT2D eigenvalue weighted by Gasteiger charge is -2.33. The highest BCUT2D eigenvalue weighted by Gasteiger charge is 2.20. The van der Waals surface area contributed by atoms with E-state index in [-0.39, 0.29) is 5.91 Å². The summed E-state index contributed by atoms with van der Waals surface area (Å²) in [4.78, 5) is 16.4. The molecule has 1 saturated heterocycles. The van der Waals surface area contributed by atoms with Crippen LogP contribution in [0.3, 0.4) is 0 Å². The fourth-order valence-corrected chi connectivity index (χ4v) is 3.11. The zero-order chi connectivity index (χ0) is 17.8. The molecule has 0 bridgehead atoms. The monoisotopic (exact) mass is 355 g/mol. The number of nitriles is 1. The Morgan fingerprint density at radius 3 is 2.72 bits per heavy atom. The van der Waals surface area contributed by atoms with Gasteiger partial charge in [0.25, 0.3) is 5.91 Å². The molecule has 3 rings (SSSR count). The summed E-state index contributed by atoms with van der Waals surface area (Å²) in [6, 6.07) is 14.3. The summed E-state index contributed by atoms with van der Waals surface area (Å²) in [5.74, 6) is -0.250. The maximum absolute atomic E-state index is 12.6. The molecule has 2 N–H and O–H groups in total. The predicted octanol–water partition coefficient (Wildman–Crippen LogP) is 1.80. The molecule has 0 atom stereocenters. The molecule has 1 aliphatic heterocycles. The molecule has 0 saturated carbocycles. The maximum Gasteiger partial charge on any atom is 0.255 e. The molecule has 1 amide bonds. The van der Waals surface area contributed by atoms with Crippen LogP contribution >= 0.6 is 11.6 Å². The second-order valence-corrected chi connectivity index (χ2v) is 6.69. The van der Waals surface area contributed by atoms with Gasteiger partial charge < -0.3 is 15.1 Å². The molecular formula is C19H20ClN4O+. The summed E-state index contributed by atoms with van der Waals surface area (Å²) in [6.07, 6.45) is 0. The lowest BCUT2D eigenvalue weighted by atomic mass is 10.1. The number of carbonyl (C=O) groups is 1. The number of nitrogens with zero attached hydrogens (tertiary/aromatic N) is 2. The minimum absolute atomic E-state index is 0.250. The number of nitrogens with one attached hydrogen (secondary N) is 2. The zero-order valence-electron chi connectivity index (χ0n) is 14.1. The van der Waals surface area contributed by atoms with Crippen LogP contribution in [0.4, 0.5) is 11.4 Å². The quantitative estimate of drug-likeness (QED) is 0.882. The Hall–Kier alpha value is -2.55. The van der Waals surface area contributed by atoms with Gasteiger partial charge in [-0.25, -0.2) is 0 Å². The van der Waals surface area contributed by atoms with E-state index in [0.29, 0.717) is 21.8 Å². The summed E-state index contributed by atoms with van der Waals surface area (Å²) in [5.41, 5.74) is 2.58. The van der Waals surface area contributed by atoms with E-state index in [1.807, 2.05) is 12.1 Å². The minimum Gasteiger partial charge on any atom is -0.359 e. The number of likely N-dealkylation sites (N-methyl/N-ethyl adjacent to an activating group) is 1. The molecular weight excluding hydrogens is 336 g/mol. The van der Waals surface area contributed by atoms with Crippen molar-refractivity contribution in [3.05, 3.63) is 58.6 Å². The molecule has 0 radical (unpaired) electrons. The van der Waals surface area contributed by atoms with Crippen LogP contribution in [-0.2, 0) is 0 Å². The van der Waals surface area contributed by atoms with Crippen molar-refractivity contribution in [3.63, 3.8) is 0 Å². The van der Waals surface area contributed by atoms with Gasteiger partial charge in [0.1, 0.15) is 0 Å². The minimum atomic E-state index is -0.250. The van der Waals surface area contributed by atoms with Crippen LogP contribution in [0.5, 0.6) is 0 Å². The van der Waals surface area contributed by atoms with E-state index in [4.69, 9.17) is 16.9 Å². The van der Waals surface area contributed by atoms with E-state index in [2.05, 4.69) is 23.3 Å². The number of carbonyl (C=O) groups excluding carboxylic acids is 1. The molecule has 25 heavy (non-hydrogen) atoms. The summed E-state index contributed by atoms with van der Waals surface area (Å²) in [5, 5.41) is 12.5. The van der Waals surface area contributed by atoms with Gasteiger partial charge in [-0.15, -0.1) is 0 Å². The highest BCUT2D eigenvalue weighted by Crippen LogP contribution is 2.29. The van der Waals surface area contributed by atoms with E-state index in [9.17, 15) is 4.79 Å². The number of halogens is 1. The Morgan fingerprint density at radius 2 is 2.00 bits per heavy atom. The van der Waals surface area contributed by atoms with E-state index < -0.39 is 0 Å². The number of quaternary nitrogens is 1. The third kappa shape index (κ3) is 4.11. The largest absolute Gasteiger partial charge is 0.359 e. The smallest absolute Gasteiger partial charge is 0.255 e. The summed E-state index contributed by atoms with van der Waals surface area (Å²) in [6.45, 7) is 3.97. The van der Waals surface area contributed by atoms with Gasteiger partial charge in [0.2, 0.25) is 0 Å². The van der Waals surface area contributed by atoms with Crippen molar-refractivity contribution < 1.29 is 9.69 Å². The molecule has 2 aromatic rings. The molecule has 0 aromatic heterocycles. The zero-order valence-corrected chi connectivity index (χ0v) is 14.8. The van der Waals surface area contributed by atoms with Crippen LogP contribution in [-0.4, -0.2) is 39.1 Å². The van der Waals surface area contributed by atoms with Crippen LogP contribution in [0.15, 0.2) is 42.5 Å². The van der Waals surface area contributed by atoms with E-state index >= 15 is 0 Å². The van der Waals surface area contributed by atoms with Gasteiger partial charge in [0, 0.05) is 10.6 Å². The van der Waals surface area contributed by atoms with Gasteiger partial charge in [-0.05, 0) is 36.4 Å². The lowest BCUT2D eigenvalue weighted by molar-refractivity contribution is -0.880. The molecule has 6 heteroatoms. The topological polar surface area (TPSA) is 60.6 Å². The van der Waals surface area contributed by atoms with Crippen molar-refractivity contribution in [2.24, 2.45) is 0 Å². The Labute approximate surface area is 152 Å². The van der Waals surface area contributed by atoms with Gasteiger partial charge >= 0.3 is 0 Å². The molecule has 2 aromatic carbocycles. The fourth-order valence-electron chi connectivity index (χ4n) is 2.94. The van der Waals surface area contributed by atoms with Crippen molar-refractivity contribution in [1.82, 2.24) is 0 Å². The first kappa shape index (κ1) is 17.3. The van der Waals surface area contributed by atoms with Crippen LogP contribution in [0, 0.1) is 11.3 Å². The summed E-state index contributed by atoms with van der Waals surface area (Å²) in [7, 11) is 2.18. The Morgan fingerprint density at radius 1 is 1.24 bits per heavy atom. The van der Waals surface area contributed by atoms with Gasteiger partial charge in [0.05, 0.1) is 56.2 Å². The first-order chi connectivity index (χ1) is 12.1. The fraction of sp³-hybridized carbons (Fsp3) is 0.263. The van der Waals surface area contributed by atoms with Crippen LogP contribution < -0.4 is 15.1 Å².